The molecule has 4 nitrogen and oxygen atoms in total. The summed E-state index contributed by atoms with van der Waals surface area (Å²) in [5, 5.41) is 3.37. The highest BCUT2D eigenvalue weighted by atomic mass is 16.2. The minimum Gasteiger partial charge on any atom is -0.335 e. The first-order valence-corrected chi connectivity index (χ1v) is 7.46. The topological polar surface area (TPSA) is 35.6 Å². The van der Waals surface area contributed by atoms with Gasteiger partial charge in [0.2, 0.25) is 0 Å². The number of piperazine rings is 1. The smallest absolute Gasteiger partial charge is 0.253 e. The maximum absolute atomic E-state index is 12.5. The van der Waals surface area contributed by atoms with Gasteiger partial charge in [0.1, 0.15) is 0 Å². The van der Waals surface area contributed by atoms with E-state index >= 15 is 0 Å². The largest absolute Gasteiger partial charge is 0.335 e. The van der Waals surface area contributed by atoms with E-state index in [4.69, 9.17) is 0 Å². The Balaban J connectivity index is 1.60. The molecule has 2 aliphatic rings. The monoisotopic (exact) mass is 273 g/mol. The van der Waals surface area contributed by atoms with Crippen LogP contribution < -0.4 is 5.32 Å². The molecule has 2 heterocycles. The summed E-state index contributed by atoms with van der Waals surface area (Å²) in [6.07, 6.45) is 0. The summed E-state index contributed by atoms with van der Waals surface area (Å²) >= 11 is 0. The Kier molecular flexibility index (Phi) is 3.76. The summed E-state index contributed by atoms with van der Waals surface area (Å²) in [7, 11) is 0. The lowest BCUT2D eigenvalue weighted by Crippen LogP contribution is -2.63. The summed E-state index contributed by atoms with van der Waals surface area (Å²) in [5.74, 6) is 0.184. The fourth-order valence-corrected chi connectivity index (χ4v) is 3.18. The second kappa shape index (κ2) is 5.54. The van der Waals surface area contributed by atoms with Gasteiger partial charge < -0.3 is 10.2 Å². The molecule has 0 bridgehead atoms. The Labute approximate surface area is 120 Å². The fraction of sp³-hybridized carbons (Fsp3) is 0.562. The van der Waals surface area contributed by atoms with E-state index in [1.165, 1.54) is 0 Å². The molecule has 3 rings (SSSR count). The van der Waals surface area contributed by atoms with Gasteiger partial charge in [-0.25, -0.2) is 0 Å². The fourth-order valence-electron chi connectivity index (χ4n) is 3.18. The van der Waals surface area contributed by atoms with Crippen molar-refractivity contribution in [1.29, 1.82) is 0 Å². The van der Waals surface area contributed by atoms with E-state index in [2.05, 4.69) is 16.3 Å². The number of likely N-dealkylation sites (tertiary alicyclic amines) is 1. The number of amides is 1. The van der Waals surface area contributed by atoms with Crippen LogP contribution in [0, 0.1) is 13.8 Å². The van der Waals surface area contributed by atoms with Crippen LogP contribution in [0.2, 0.25) is 0 Å². The SMILES string of the molecule is Cc1cc(C)cc(C(=O)N2CC(N3CCNCC3)C2)c1. The Morgan fingerprint density at radius 3 is 2.30 bits per heavy atom. The molecule has 0 atom stereocenters. The number of nitrogens with zero attached hydrogens (tertiary/aromatic N) is 2. The number of nitrogens with one attached hydrogen (secondary N) is 1. The third-order valence-electron chi connectivity index (χ3n) is 4.29. The van der Waals surface area contributed by atoms with Crippen molar-refractivity contribution in [2.45, 2.75) is 19.9 Å². The zero-order valence-corrected chi connectivity index (χ0v) is 12.4. The van der Waals surface area contributed by atoms with Gasteiger partial charge in [-0.1, -0.05) is 17.2 Å². The van der Waals surface area contributed by atoms with Gasteiger partial charge in [0.25, 0.3) is 5.91 Å². The number of rotatable bonds is 2. The van der Waals surface area contributed by atoms with Crippen LogP contribution >= 0.6 is 0 Å². The molecule has 4 heteroatoms. The van der Waals surface area contributed by atoms with Crippen LogP contribution in [-0.4, -0.2) is 61.0 Å². The number of carbonyl (C=O) groups excluding carboxylic acids is 1. The lowest BCUT2D eigenvalue weighted by atomic mass is 10.0. The van der Waals surface area contributed by atoms with Gasteiger partial charge in [0.05, 0.1) is 0 Å². The van der Waals surface area contributed by atoms with E-state index in [-0.39, 0.29) is 5.91 Å². The standard InChI is InChI=1S/C16H23N3O/c1-12-7-13(2)9-14(8-12)16(20)19-10-15(11-19)18-5-3-17-4-6-18/h7-9,15,17H,3-6,10-11H2,1-2H3. The summed E-state index contributed by atoms with van der Waals surface area (Å²) < 4.78 is 0. The molecular weight excluding hydrogens is 250 g/mol. The zero-order chi connectivity index (χ0) is 14.1. The molecule has 0 unspecified atom stereocenters. The van der Waals surface area contributed by atoms with Gasteiger partial charge in [-0.3, -0.25) is 9.69 Å². The molecule has 1 N–H and O–H groups in total. The van der Waals surface area contributed by atoms with Crippen molar-refractivity contribution >= 4 is 5.91 Å². The van der Waals surface area contributed by atoms with Crippen LogP contribution in [0.15, 0.2) is 18.2 Å². The molecule has 0 saturated carbocycles. The summed E-state index contributed by atoms with van der Waals surface area (Å²) in [5.41, 5.74) is 3.15. The van der Waals surface area contributed by atoms with Crippen molar-refractivity contribution in [3.8, 4) is 0 Å². The lowest BCUT2D eigenvalue weighted by molar-refractivity contribution is 0.0227. The third-order valence-corrected chi connectivity index (χ3v) is 4.29. The molecule has 2 aliphatic heterocycles. The van der Waals surface area contributed by atoms with Crippen LogP contribution in [0.3, 0.4) is 0 Å². The van der Waals surface area contributed by atoms with Gasteiger partial charge in [-0.15, -0.1) is 0 Å². The molecule has 2 fully saturated rings. The van der Waals surface area contributed by atoms with Gasteiger partial charge in [-0.2, -0.15) is 0 Å². The van der Waals surface area contributed by atoms with Crippen LogP contribution in [0.5, 0.6) is 0 Å². The first-order valence-electron chi connectivity index (χ1n) is 7.46. The first kappa shape index (κ1) is 13.6. The van der Waals surface area contributed by atoms with Gasteiger partial charge in [0, 0.05) is 50.9 Å². The molecule has 0 spiro atoms. The predicted octanol–water partition coefficient (Wildman–Crippen LogP) is 1.03. The molecule has 0 aliphatic carbocycles. The summed E-state index contributed by atoms with van der Waals surface area (Å²) in [6, 6.07) is 6.66. The Morgan fingerprint density at radius 1 is 1.10 bits per heavy atom. The first-order chi connectivity index (χ1) is 9.63. The van der Waals surface area contributed by atoms with E-state index in [0.717, 1.165) is 56.0 Å². The normalized spacial score (nSPS) is 20.8. The quantitative estimate of drug-likeness (QED) is 0.874. The molecule has 0 radical (unpaired) electrons. The van der Waals surface area contributed by atoms with Crippen LogP contribution in [0.1, 0.15) is 21.5 Å². The van der Waals surface area contributed by atoms with Crippen LogP contribution in [-0.2, 0) is 0 Å². The van der Waals surface area contributed by atoms with Gasteiger partial charge in [-0.05, 0) is 26.0 Å². The molecule has 1 amide bonds. The van der Waals surface area contributed by atoms with Crippen molar-refractivity contribution in [3.63, 3.8) is 0 Å². The van der Waals surface area contributed by atoms with E-state index in [1.807, 2.05) is 30.9 Å². The minimum absolute atomic E-state index is 0.184. The number of benzene rings is 1. The van der Waals surface area contributed by atoms with Crippen molar-refractivity contribution in [1.82, 2.24) is 15.1 Å². The third kappa shape index (κ3) is 2.72. The van der Waals surface area contributed by atoms with Crippen LogP contribution in [0.25, 0.3) is 0 Å². The maximum Gasteiger partial charge on any atom is 0.253 e. The van der Waals surface area contributed by atoms with E-state index in [0.29, 0.717) is 6.04 Å². The van der Waals surface area contributed by atoms with Crippen LogP contribution in [0.4, 0.5) is 0 Å². The van der Waals surface area contributed by atoms with Crippen molar-refractivity contribution in [2.75, 3.05) is 39.3 Å². The second-order valence-corrected chi connectivity index (χ2v) is 6.03. The van der Waals surface area contributed by atoms with Crippen molar-refractivity contribution in [2.24, 2.45) is 0 Å². The average molecular weight is 273 g/mol. The van der Waals surface area contributed by atoms with Gasteiger partial charge >= 0.3 is 0 Å². The Hall–Kier alpha value is -1.39. The molecule has 1 aromatic carbocycles. The number of aryl methyl sites for hydroxylation is 2. The van der Waals surface area contributed by atoms with E-state index < -0.39 is 0 Å². The van der Waals surface area contributed by atoms with E-state index in [1.54, 1.807) is 0 Å². The molecule has 20 heavy (non-hydrogen) atoms. The second-order valence-electron chi connectivity index (χ2n) is 6.03. The number of hydrogen-bond donors (Lipinski definition) is 1. The van der Waals surface area contributed by atoms with Crippen molar-refractivity contribution in [3.05, 3.63) is 34.9 Å². The molecule has 108 valence electrons. The highest BCUT2D eigenvalue weighted by Crippen LogP contribution is 2.19. The zero-order valence-electron chi connectivity index (χ0n) is 12.4. The average Bonchev–Trinajstić information content (AvgIpc) is 2.37. The summed E-state index contributed by atoms with van der Waals surface area (Å²) in [6.45, 7) is 10.2. The highest BCUT2D eigenvalue weighted by molar-refractivity contribution is 5.95. The lowest BCUT2D eigenvalue weighted by Gasteiger charge is -2.46. The van der Waals surface area contributed by atoms with Crippen molar-refractivity contribution < 1.29 is 4.79 Å². The molecule has 2 saturated heterocycles. The Bertz CT molecular complexity index is 482. The highest BCUT2D eigenvalue weighted by Gasteiger charge is 2.35. The minimum atomic E-state index is 0.184. The Morgan fingerprint density at radius 2 is 1.70 bits per heavy atom. The number of carbonyl (C=O) groups is 1. The molecule has 1 aromatic rings. The summed E-state index contributed by atoms with van der Waals surface area (Å²) in [4.78, 5) is 16.9. The molecular formula is C16H23N3O. The van der Waals surface area contributed by atoms with Gasteiger partial charge in [0.15, 0.2) is 0 Å². The maximum atomic E-state index is 12.5. The molecule has 0 aromatic heterocycles. The van der Waals surface area contributed by atoms with E-state index in [9.17, 15) is 4.79 Å². The number of hydrogen-bond acceptors (Lipinski definition) is 3. The predicted molar refractivity (Wildman–Crippen MR) is 80.1 cm³/mol.